The largest absolute Gasteiger partial charge is 0.207 e. The molecule has 2 heteroatoms. The van der Waals surface area contributed by atoms with Crippen LogP contribution in [-0.4, -0.2) is 0 Å². The molecule has 170 valence electrons. The second-order valence-electron chi connectivity index (χ2n) is 8.96. The zero-order valence-electron chi connectivity index (χ0n) is 19.4. The van der Waals surface area contributed by atoms with Crippen LogP contribution < -0.4 is 0 Å². The molecule has 0 nitrogen and oxygen atoms in total. The summed E-state index contributed by atoms with van der Waals surface area (Å²) in [6, 6.07) is 25.1. The fourth-order valence-corrected chi connectivity index (χ4v) is 4.44. The number of fused-ring (bicyclic) bond motifs is 1. The Balaban J connectivity index is 1.43. The van der Waals surface area contributed by atoms with Crippen molar-refractivity contribution in [3.63, 3.8) is 0 Å². The minimum atomic E-state index is -0.247. The molecule has 4 rings (SSSR count). The van der Waals surface area contributed by atoms with Crippen LogP contribution in [0.25, 0.3) is 21.9 Å². The first-order valence-corrected chi connectivity index (χ1v) is 12.2. The fraction of sp³-hybridized carbons (Fsp3) is 0.290. The molecule has 0 aromatic heterocycles. The van der Waals surface area contributed by atoms with Gasteiger partial charge in [-0.25, -0.2) is 8.78 Å². The first-order valence-electron chi connectivity index (χ1n) is 12.2. The summed E-state index contributed by atoms with van der Waals surface area (Å²) in [6.45, 7) is 2.25. The Morgan fingerprint density at radius 3 is 2.00 bits per heavy atom. The van der Waals surface area contributed by atoms with Gasteiger partial charge in [-0.15, -0.1) is 0 Å². The highest BCUT2D eigenvalue weighted by Crippen LogP contribution is 2.28. The molecule has 0 bridgehead atoms. The van der Waals surface area contributed by atoms with Gasteiger partial charge in [-0.2, -0.15) is 0 Å². The Bertz CT molecular complexity index is 1170. The highest BCUT2D eigenvalue weighted by molar-refractivity contribution is 5.88. The third-order valence-corrected chi connectivity index (χ3v) is 6.49. The van der Waals surface area contributed by atoms with E-state index in [-0.39, 0.29) is 11.6 Å². The molecule has 0 radical (unpaired) electrons. The summed E-state index contributed by atoms with van der Waals surface area (Å²) in [6.07, 6.45) is 8.90. The van der Waals surface area contributed by atoms with Crippen molar-refractivity contribution in [1.29, 1.82) is 0 Å². The maximum Gasteiger partial charge on any atom is 0.134 e. The molecule has 0 spiro atoms. The topological polar surface area (TPSA) is 0 Å². The Morgan fingerprint density at radius 1 is 0.576 bits per heavy atom. The molecule has 0 unspecified atom stereocenters. The van der Waals surface area contributed by atoms with Crippen molar-refractivity contribution < 1.29 is 8.78 Å². The molecule has 0 amide bonds. The third-order valence-electron chi connectivity index (χ3n) is 6.49. The molecule has 0 saturated heterocycles. The van der Waals surface area contributed by atoms with Crippen LogP contribution in [-0.2, 0) is 19.3 Å². The van der Waals surface area contributed by atoms with Gasteiger partial charge in [-0.05, 0) is 77.1 Å². The van der Waals surface area contributed by atoms with E-state index in [1.165, 1.54) is 49.8 Å². The van der Waals surface area contributed by atoms with Gasteiger partial charge in [0.05, 0.1) is 0 Å². The molecule has 0 aliphatic rings. The first kappa shape index (κ1) is 23.2. The molecular weight excluding hydrogens is 410 g/mol. The van der Waals surface area contributed by atoms with Crippen molar-refractivity contribution in [2.75, 3.05) is 0 Å². The van der Waals surface area contributed by atoms with Gasteiger partial charge in [-0.1, -0.05) is 93.3 Å². The average Bonchev–Trinajstić information content (AvgIpc) is 2.85. The number of hydrogen-bond donors (Lipinski definition) is 0. The zero-order valence-corrected chi connectivity index (χ0v) is 19.4. The van der Waals surface area contributed by atoms with E-state index >= 15 is 4.39 Å². The molecule has 4 aromatic carbocycles. The lowest BCUT2D eigenvalue weighted by Gasteiger charge is -2.10. The van der Waals surface area contributed by atoms with E-state index in [1.54, 1.807) is 12.1 Å². The van der Waals surface area contributed by atoms with Crippen molar-refractivity contribution in [2.45, 2.75) is 58.3 Å². The summed E-state index contributed by atoms with van der Waals surface area (Å²) in [5, 5.41) is 1.56. The molecular formula is C31H32F2. The normalized spacial score (nSPS) is 11.2. The van der Waals surface area contributed by atoms with Gasteiger partial charge < -0.3 is 0 Å². The summed E-state index contributed by atoms with van der Waals surface area (Å²) in [5.74, 6) is -0.400. The quantitative estimate of drug-likeness (QED) is 0.215. The molecule has 0 atom stereocenters. The van der Waals surface area contributed by atoms with Crippen LogP contribution in [0.15, 0.2) is 78.9 Å². The average molecular weight is 443 g/mol. The van der Waals surface area contributed by atoms with Crippen LogP contribution in [0.3, 0.4) is 0 Å². The Morgan fingerprint density at radius 2 is 1.24 bits per heavy atom. The predicted molar refractivity (Wildman–Crippen MR) is 136 cm³/mol. The molecule has 4 aromatic rings. The Kier molecular flexibility index (Phi) is 7.88. The highest BCUT2D eigenvalue weighted by atomic mass is 19.1. The van der Waals surface area contributed by atoms with Crippen molar-refractivity contribution in [3.8, 4) is 11.1 Å². The van der Waals surface area contributed by atoms with Gasteiger partial charge >= 0.3 is 0 Å². The van der Waals surface area contributed by atoms with E-state index < -0.39 is 0 Å². The second kappa shape index (κ2) is 11.2. The lowest BCUT2D eigenvalue weighted by molar-refractivity contribution is 0.619. The number of rotatable bonds is 10. The van der Waals surface area contributed by atoms with E-state index in [4.69, 9.17) is 0 Å². The van der Waals surface area contributed by atoms with Gasteiger partial charge in [0.1, 0.15) is 11.6 Å². The molecule has 0 saturated carbocycles. The Hall–Kier alpha value is -3.00. The number of hydrogen-bond acceptors (Lipinski definition) is 0. The minimum Gasteiger partial charge on any atom is -0.207 e. The number of unbranched alkanes of at least 4 members (excludes halogenated alkanes) is 4. The molecule has 0 N–H and O–H groups in total. The van der Waals surface area contributed by atoms with Crippen LogP contribution in [0.1, 0.15) is 55.7 Å². The summed E-state index contributed by atoms with van der Waals surface area (Å²) < 4.78 is 28.2. The van der Waals surface area contributed by atoms with Crippen LogP contribution in [0, 0.1) is 11.6 Å². The smallest absolute Gasteiger partial charge is 0.134 e. The van der Waals surface area contributed by atoms with Crippen molar-refractivity contribution >= 4 is 10.8 Å². The lowest BCUT2D eigenvalue weighted by atomic mass is 9.96. The van der Waals surface area contributed by atoms with Gasteiger partial charge in [0.2, 0.25) is 0 Å². The summed E-state index contributed by atoms with van der Waals surface area (Å²) in [5.41, 5.74) is 5.36. The maximum atomic E-state index is 15.2. The maximum absolute atomic E-state index is 15.2. The standard InChI is InChI=1S/C31H32F2/c1-2-3-4-5-6-7-23-8-13-25(14-9-23)27-18-21-30-28(22-27)17-16-26(31(30)33)15-10-24-11-19-29(32)20-12-24/h8-9,11-14,16-22H,2-7,10,15H2,1H3. The van der Waals surface area contributed by atoms with E-state index in [0.717, 1.165) is 28.5 Å². The van der Waals surface area contributed by atoms with Gasteiger partial charge in [0.25, 0.3) is 0 Å². The summed E-state index contributed by atoms with van der Waals surface area (Å²) in [4.78, 5) is 0. The van der Waals surface area contributed by atoms with Crippen molar-refractivity contribution in [2.24, 2.45) is 0 Å². The zero-order chi connectivity index (χ0) is 23.0. The van der Waals surface area contributed by atoms with Gasteiger partial charge in [-0.3, -0.25) is 0 Å². The van der Waals surface area contributed by atoms with Crippen LogP contribution in [0.5, 0.6) is 0 Å². The van der Waals surface area contributed by atoms with Gasteiger partial charge in [0, 0.05) is 5.39 Å². The monoisotopic (exact) mass is 442 g/mol. The molecule has 33 heavy (non-hydrogen) atoms. The highest BCUT2D eigenvalue weighted by Gasteiger charge is 2.09. The molecule has 0 aliphatic heterocycles. The van der Waals surface area contributed by atoms with Crippen LogP contribution >= 0.6 is 0 Å². The van der Waals surface area contributed by atoms with Crippen molar-refractivity contribution in [1.82, 2.24) is 0 Å². The van der Waals surface area contributed by atoms with E-state index in [0.29, 0.717) is 23.8 Å². The van der Waals surface area contributed by atoms with E-state index in [9.17, 15) is 4.39 Å². The summed E-state index contributed by atoms with van der Waals surface area (Å²) >= 11 is 0. The first-order chi connectivity index (χ1) is 16.1. The number of halogens is 2. The van der Waals surface area contributed by atoms with Crippen molar-refractivity contribution in [3.05, 3.63) is 107 Å². The molecule has 0 fully saturated rings. The Labute approximate surface area is 196 Å². The minimum absolute atomic E-state index is 0.153. The third kappa shape index (κ3) is 6.07. The van der Waals surface area contributed by atoms with Crippen LogP contribution in [0.2, 0.25) is 0 Å². The SMILES string of the molecule is CCCCCCCc1ccc(-c2ccc3c(F)c(CCc4ccc(F)cc4)ccc3c2)cc1. The number of benzene rings is 4. The van der Waals surface area contributed by atoms with Crippen LogP contribution in [0.4, 0.5) is 8.78 Å². The predicted octanol–water partition coefficient (Wildman–Crippen LogP) is 9.08. The fourth-order valence-electron chi connectivity index (χ4n) is 4.44. The number of aryl methyl sites for hydroxylation is 3. The second-order valence-corrected chi connectivity index (χ2v) is 8.96. The van der Waals surface area contributed by atoms with E-state index in [1.807, 2.05) is 24.3 Å². The summed E-state index contributed by atoms with van der Waals surface area (Å²) in [7, 11) is 0. The lowest BCUT2D eigenvalue weighted by Crippen LogP contribution is -1.96. The molecule has 0 aliphatic carbocycles. The molecule has 0 heterocycles. The van der Waals surface area contributed by atoms with Gasteiger partial charge in [0.15, 0.2) is 0 Å². The van der Waals surface area contributed by atoms with E-state index in [2.05, 4.69) is 37.3 Å².